The van der Waals surface area contributed by atoms with Crippen LogP contribution < -0.4 is 5.32 Å². The Hall–Kier alpha value is -3.93. The van der Waals surface area contributed by atoms with Gasteiger partial charge in [0.1, 0.15) is 11.4 Å². The number of hydrogen-bond acceptors (Lipinski definition) is 4. The zero-order valence-corrected chi connectivity index (χ0v) is 24.4. The Kier molecular flexibility index (Phi) is 9.41. The number of amides is 1. The SMILES string of the molecule is CCCCNC(=O)c1ccc2c(c1)nc(CCCC)n2Cc1ccc(-c2ccccc2C(=O)OC(C)(C)C)cc1. The Bertz CT molecular complexity index is 1460. The predicted octanol–water partition coefficient (Wildman–Crippen LogP) is 7.58. The molecule has 0 fully saturated rings. The number of carbonyl (C=O) groups is 2. The van der Waals surface area contributed by atoms with E-state index in [9.17, 15) is 9.59 Å². The Balaban J connectivity index is 1.60. The molecule has 0 aliphatic carbocycles. The molecule has 1 aromatic heterocycles. The van der Waals surface area contributed by atoms with Crippen molar-refractivity contribution in [3.63, 3.8) is 0 Å². The first-order valence-electron chi connectivity index (χ1n) is 14.4. The molecular formula is C34H41N3O3. The fourth-order valence-electron chi connectivity index (χ4n) is 4.72. The highest BCUT2D eigenvalue weighted by atomic mass is 16.6. The number of hydrogen-bond donors (Lipinski definition) is 1. The fourth-order valence-corrected chi connectivity index (χ4v) is 4.72. The van der Waals surface area contributed by atoms with E-state index in [1.807, 2.05) is 63.2 Å². The molecule has 0 spiro atoms. The summed E-state index contributed by atoms with van der Waals surface area (Å²) in [6.45, 7) is 11.3. The smallest absolute Gasteiger partial charge is 0.339 e. The van der Waals surface area contributed by atoms with Crippen molar-refractivity contribution in [2.75, 3.05) is 6.54 Å². The van der Waals surface area contributed by atoms with Gasteiger partial charge in [-0.25, -0.2) is 9.78 Å². The number of rotatable bonds is 11. The highest BCUT2D eigenvalue weighted by Crippen LogP contribution is 2.27. The zero-order chi connectivity index (χ0) is 28.7. The molecule has 0 unspecified atom stereocenters. The van der Waals surface area contributed by atoms with Crippen molar-refractivity contribution in [1.82, 2.24) is 14.9 Å². The molecule has 0 radical (unpaired) electrons. The first-order chi connectivity index (χ1) is 19.2. The molecule has 1 N–H and O–H groups in total. The normalized spacial score (nSPS) is 11.5. The van der Waals surface area contributed by atoms with Crippen LogP contribution in [-0.2, 0) is 17.7 Å². The Labute approximate surface area is 237 Å². The molecule has 0 bridgehead atoms. The van der Waals surface area contributed by atoms with Gasteiger partial charge in [0, 0.05) is 25.1 Å². The van der Waals surface area contributed by atoms with Crippen LogP contribution in [0.5, 0.6) is 0 Å². The largest absolute Gasteiger partial charge is 0.456 e. The molecule has 6 heteroatoms. The van der Waals surface area contributed by atoms with Crippen molar-refractivity contribution in [2.45, 2.75) is 78.9 Å². The highest BCUT2D eigenvalue weighted by molar-refractivity contribution is 5.98. The average Bonchev–Trinajstić information content (AvgIpc) is 3.27. The monoisotopic (exact) mass is 539 g/mol. The maximum Gasteiger partial charge on any atom is 0.339 e. The number of nitrogens with zero attached hydrogens (tertiary/aromatic N) is 2. The number of unbranched alkanes of at least 4 members (excludes halogenated alkanes) is 2. The van der Waals surface area contributed by atoms with Crippen molar-refractivity contribution < 1.29 is 14.3 Å². The first kappa shape index (κ1) is 29.1. The fraction of sp³-hybridized carbons (Fsp3) is 0.382. The summed E-state index contributed by atoms with van der Waals surface area (Å²) in [5.41, 5.74) is 5.46. The summed E-state index contributed by atoms with van der Waals surface area (Å²) in [6.07, 6.45) is 5.02. The van der Waals surface area contributed by atoms with Crippen LogP contribution in [-0.4, -0.2) is 33.6 Å². The third-order valence-electron chi connectivity index (χ3n) is 6.81. The molecule has 0 aliphatic rings. The summed E-state index contributed by atoms with van der Waals surface area (Å²) in [4.78, 5) is 30.4. The Morgan fingerprint density at radius 1 is 0.925 bits per heavy atom. The van der Waals surface area contributed by atoms with Gasteiger partial charge in [-0.1, -0.05) is 69.2 Å². The average molecular weight is 540 g/mol. The number of ether oxygens (including phenoxy) is 1. The molecule has 4 aromatic rings. The van der Waals surface area contributed by atoms with E-state index in [1.165, 1.54) is 0 Å². The first-order valence-corrected chi connectivity index (χ1v) is 14.4. The van der Waals surface area contributed by atoms with E-state index in [4.69, 9.17) is 9.72 Å². The number of aromatic nitrogens is 2. The van der Waals surface area contributed by atoms with Crippen molar-refractivity contribution in [1.29, 1.82) is 0 Å². The van der Waals surface area contributed by atoms with Gasteiger partial charge in [0.05, 0.1) is 16.6 Å². The van der Waals surface area contributed by atoms with E-state index in [0.29, 0.717) is 24.2 Å². The zero-order valence-electron chi connectivity index (χ0n) is 24.4. The summed E-state index contributed by atoms with van der Waals surface area (Å²) in [7, 11) is 0. The molecule has 0 atom stereocenters. The number of benzene rings is 3. The van der Waals surface area contributed by atoms with Gasteiger partial charge < -0.3 is 14.6 Å². The lowest BCUT2D eigenvalue weighted by Gasteiger charge is -2.20. The van der Waals surface area contributed by atoms with E-state index < -0.39 is 5.60 Å². The predicted molar refractivity (Wildman–Crippen MR) is 162 cm³/mol. The minimum absolute atomic E-state index is 0.0535. The maximum atomic E-state index is 12.9. The molecule has 1 amide bonds. The van der Waals surface area contributed by atoms with E-state index >= 15 is 0 Å². The molecule has 210 valence electrons. The van der Waals surface area contributed by atoms with Gasteiger partial charge in [-0.3, -0.25) is 4.79 Å². The summed E-state index contributed by atoms with van der Waals surface area (Å²) in [5, 5.41) is 3.00. The quantitative estimate of drug-likeness (QED) is 0.157. The molecule has 6 nitrogen and oxygen atoms in total. The second-order valence-electron chi connectivity index (χ2n) is 11.3. The number of carbonyl (C=O) groups excluding carboxylic acids is 2. The van der Waals surface area contributed by atoms with Crippen molar-refractivity contribution in [2.24, 2.45) is 0 Å². The lowest BCUT2D eigenvalue weighted by Crippen LogP contribution is -2.24. The van der Waals surface area contributed by atoms with Crippen LogP contribution in [0.15, 0.2) is 66.7 Å². The van der Waals surface area contributed by atoms with Gasteiger partial charge in [0.2, 0.25) is 0 Å². The van der Waals surface area contributed by atoms with Gasteiger partial charge in [0.25, 0.3) is 5.91 Å². The van der Waals surface area contributed by atoms with Gasteiger partial charge in [-0.2, -0.15) is 0 Å². The van der Waals surface area contributed by atoms with Crippen LogP contribution in [0, 0.1) is 0 Å². The third kappa shape index (κ3) is 7.17. The van der Waals surface area contributed by atoms with Crippen LogP contribution in [0.1, 0.15) is 92.4 Å². The van der Waals surface area contributed by atoms with Gasteiger partial charge in [-0.15, -0.1) is 0 Å². The second-order valence-corrected chi connectivity index (χ2v) is 11.3. The molecule has 4 rings (SSSR count). The number of fused-ring (bicyclic) bond motifs is 1. The highest BCUT2D eigenvalue weighted by Gasteiger charge is 2.21. The van der Waals surface area contributed by atoms with Gasteiger partial charge >= 0.3 is 5.97 Å². The molecule has 40 heavy (non-hydrogen) atoms. The Morgan fingerprint density at radius 3 is 2.35 bits per heavy atom. The van der Waals surface area contributed by atoms with E-state index in [-0.39, 0.29) is 11.9 Å². The lowest BCUT2D eigenvalue weighted by atomic mass is 9.98. The molecule has 0 saturated heterocycles. The minimum Gasteiger partial charge on any atom is -0.456 e. The lowest BCUT2D eigenvalue weighted by molar-refractivity contribution is 0.00703. The number of imidazole rings is 1. The third-order valence-corrected chi connectivity index (χ3v) is 6.81. The van der Waals surface area contributed by atoms with Crippen molar-refractivity contribution in [3.8, 4) is 11.1 Å². The maximum absolute atomic E-state index is 12.9. The molecular weight excluding hydrogens is 498 g/mol. The van der Waals surface area contributed by atoms with Crippen LogP contribution in [0.4, 0.5) is 0 Å². The van der Waals surface area contributed by atoms with Gasteiger partial charge in [-0.05, 0) is 74.6 Å². The number of aryl methyl sites for hydroxylation is 1. The van der Waals surface area contributed by atoms with Crippen molar-refractivity contribution in [3.05, 3.63) is 89.2 Å². The van der Waals surface area contributed by atoms with Crippen LogP contribution in [0.3, 0.4) is 0 Å². The number of nitrogens with one attached hydrogen (secondary N) is 1. The summed E-state index contributed by atoms with van der Waals surface area (Å²) < 4.78 is 7.90. The summed E-state index contributed by atoms with van der Waals surface area (Å²) >= 11 is 0. The minimum atomic E-state index is -0.559. The topological polar surface area (TPSA) is 73.2 Å². The number of esters is 1. The van der Waals surface area contributed by atoms with Gasteiger partial charge in [0.15, 0.2) is 0 Å². The molecule has 3 aromatic carbocycles. The second kappa shape index (κ2) is 12.9. The van der Waals surface area contributed by atoms with E-state index in [1.54, 1.807) is 0 Å². The van der Waals surface area contributed by atoms with Crippen LogP contribution >= 0.6 is 0 Å². The van der Waals surface area contributed by atoms with E-state index in [2.05, 4.69) is 48.0 Å². The Morgan fingerprint density at radius 2 is 1.65 bits per heavy atom. The standard InChI is InChI=1S/C34H41N3O3/c1-6-8-14-31-36-29-22-26(32(38)35-21-9-7-2)19-20-30(29)37(31)23-24-15-17-25(18-16-24)27-12-10-11-13-28(27)33(39)40-34(3,4)5/h10-13,15-20,22H,6-9,14,21,23H2,1-5H3,(H,35,38). The molecule has 0 aliphatic heterocycles. The van der Waals surface area contributed by atoms with Crippen LogP contribution in [0.2, 0.25) is 0 Å². The molecule has 0 saturated carbocycles. The van der Waals surface area contributed by atoms with E-state index in [0.717, 1.165) is 65.7 Å². The summed E-state index contributed by atoms with van der Waals surface area (Å²) in [6, 6.07) is 21.7. The van der Waals surface area contributed by atoms with Crippen LogP contribution in [0.25, 0.3) is 22.2 Å². The summed E-state index contributed by atoms with van der Waals surface area (Å²) in [5.74, 6) is 0.651. The molecule has 1 heterocycles. The van der Waals surface area contributed by atoms with Crippen molar-refractivity contribution >= 4 is 22.9 Å².